The van der Waals surface area contributed by atoms with Crippen molar-refractivity contribution in [1.82, 2.24) is 19.4 Å². The van der Waals surface area contributed by atoms with Crippen LogP contribution in [0.3, 0.4) is 0 Å². The first-order valence-electron chi connectivity index (χ1n) is 12.1. The van der Waals surface area contributed by atoms with Gasteiger partial charge in [0, 0.05) is 50.5 Å². The topological polar surface area (TPSA) is 53.9 Å². The van der Waals surface area contributed by atoms with E-state index in [9.17, 15) is 4.79 Å². The zero-order chi connectivity index (χ0) is 24.6. The molecule has 1 amide bonds. The minimum absolute atomic E-state index is 0.000992. The Bertz CT molecular complexity index is 1300. The number of carbonyl (C=O) groups excluding carboxylic acids is 1. The summed E-state index contributed by atoms with van der Waals surface area (Å²) in [7, 11) is 0. The Morgan fingerprint density at radius 1 is 1.45 bits per heavy atom. The average Bonchev–Trinajstić information content (AvgIpc) is 3.25. The van der Waals surface area contributed by atoms with Gasteiger partial charge in [0.1, 0.15) is 1.37 Å². The summed E-state index contributed by atoms with van der Waals surface area (Å²) < 4.78 is 87.5. The van der Waals surface area contributed by atoms with Crippen LogP contribution in [0.5, 0.6) is 0 Å². The molecule has 1 aliphatic rings. The van der Waals surface area contributed by atoms with Crippen LogP contribution >= 0.6 is 0 Å². The van der Waals surface area contributed by atoms with Gasteiger partial charge in [-0.3, -0.25) is 4.79 Å². The van der Waals surface area contributed by atoms with Crippen LogP contribution in [0.4, 0.5) is 0 Å². The van der Waals surface area contributed by atoms with Crippen LogP contribution < -0.4 is 0 Å². The van der Waals surface area contributed by atoms with Crippen molar-refractivity contribution in [3.8, 4) is 0 Å². The van der Waals surface area contributed by atoms with Gasteiger partial charge in [-0.25, -0.2) is 4.98 Å². The van der Waals surface area contributed by atoms with E-state index in [-0.39, 0.29) is 59.4 Å². The number of amides is 1. The molecular formula is C17H18N4O. The number of para-hydroxylation sites is 1. The van der Waals surface area contributed by atoms with Crippen molar-refractivity contribution in [3.63, 3.8) is 0 Å². The molecular weight excluding hydrogens is 276 g/mol. The predicted octanol–water partition coefficient (Wildman–Crippen LogP) is 2.41. The smallest absolute Gasteiger partial charge is 0.256 e. The van der Waals surface area contributed by atoms with Crippen molar-refractivity contribution in [2.75, 3.05) is 6.54 Å². The number of aromatic nitrogens is 3. The summed E-state index contributed by atoms with van der Waals surface area (Å²) in [5.74, 6) is -0.708. The molecule has 2 aromatic heterocycles. The summed E-state index contributed by atoms with van der Waals surface area (Å²) in [5, 5.41) is -0.193. The summed E-state index contributed by atoms with van der Waals surface area (Å²) in [4.78, 5) is 20.9. The monoisotopic (exact) mass is 305 g/mol. The zero-order valence-electron chi connectivity index (χ0n) is 22.4. The highest BCUT2D eigenvalue weighted by molar-refractivity contribution is 6.09. The van der Waals surface area contributed by atoms with Crippen molar-refractivity contribution in [2.24, 2.45) is 6.98 Å². The predicted molar refractivity (Wildman–Crippen MR) is 84.7 cm³/mol. The van der Waals surface area contributed by atoms with Gasteiger partial charge in [-0.1, -0.05) is 18.1 Å². The fourth-order valence-electron chi connectivity index (χ4n) is 2.74. The third kappa shape index (κ3) is 1.78. The van der Waals surface area contributed by atoms with Crippen molar-refractivity contribution < 1.29 is 19.9 Å². The Kier molecular flexibility index (Phi) is 1.27. The number of aryl methyl sites for hydroxylation is 2. The molecule has 0 atom stereocenters. The van der Waals surface area contributed by atoms with Crippen LogP contribution in [0, 0.1) is 6.85 Å². The standard InChI is InChI=1S/C17H18N4O/c1-11-13(19-10-18-11)9-21-8-7-15-16(17(21)22)12-5-3-4-6-14(12)20(15)2/h3-6,10H,7-9H2,1-2H3,(H,18,19)/i1D3,2D3,3D,4D,5D,6D,10D. The van der Waals surface area contributed by atoms with Gasteiger partial charge in [-0.2, -0.15) is 0 Å². The highest BCUT2D eigenvalue weighted by Crippen LogP contribution is 2.30. The number of fused-ring (bicyclic) bond motifs is 3. The van der Waals surface area contributed by atoms with Gasteiger partial charge in [-0.05, 0) is 12.9 Å². The number of rotatable bonds is 2. The molecule has 112 valence electrons. The van der Waals surface area contributed by atoms with Crippen LogP contribution in [0.15, 0.2) is 30.5 Å². The van der Waals surface area contributed by atoms with Crippen LogP contribution in [-0.4, -0.2) is 31.9 Å². The van der Waals surface area contributed by atoms with E-state index in [1.165, 1.54) is 4.90 Å². The van der Waals surface area contributed by atoms with E-state index in [0.29, 0.717) is 0 Å². The molecule has 5 heteroatoms. The largest absolute Gasteiger partial charge is 0.348 e. The molecule has 0 bridgehead atoms. The molecule has 3 heterocycles. The van der Waals surface area contributed by atoms with E-state index in [4.69, 9.17) is 15.1 Å². The molecule has 0 radical (unpaired) electrons. The van der Waals surface area contributed by atoms with Gasteiger partial charge in [0.05, 0.1) is 29.6 Å². The molecule has 4 rings (SSSR count). The lowest BCUT2D eigenvalue weighted by atomic mass is 10.0. The molecule has 5 nitrogen and oxygen atoms in total. The van der Waals surface area contributed by atoms with E-state index in [2.05, 4.69) is 9.97 Å². The molecule has 22 heavy (non-hydrogen) atoms. The molecule has 1 N–H and O–H groups in total. The number of hydrogen-bond donors (Lipinski definition) is 1. The maximum atomic E-state index is 13.5. The SMILES string of the molecule is [2H]c1nc(CN2CCc3c(c4c([2H])c([2H])c([2H])c([2H])c4n3C([2H])([2H])[2H])C2=O)c(C([2H])([2H])[2H])[nH]1. The number of H-pyrrole nitrogens is 1. The van der Waals surface area contributed by atoms with Crippen molar-refractivity contribution in [2.45, 2.75) is 19.8 Å². The Hall–Kier alpha value is -2.56. The zero-order valence-corrected chi connectivity index (χ0v) is 11.4. The number of aromatic amines is 1. The van der Waals surface area contributed by atoms with Gasteiger partial charge >= 0.3 is 0 Å². The number of nitrogens with zero attached hydrogens (tertiary/aromatic N) is 3. The number of benzene rings is 1. The Morgan fingerprint density at radius 2 is 2.36 bits per heavy atom. The minimum Gasteiger partial charge on any atom is -0.348 e. The second-order valence-electron chi connectivity index (χ2n) is 5.03. The maximum absolute atomic E-state index is 13.5. The number of imidazole rings is 1. The summed E-state index contributed by atoms with van der Waals surface area (Å²) in [6.45, 7) is -5.67. The highest BCUT2D eigenvalue weighted by atomic mass is 16.2. The Morgan fingerprint density at radius 3 is 3.23 bits per heavy atom. The fraction of sp³-hybridized carbons (Fsp3) is 0.294. The molecule has 0 saturated carbocycles. The first-order chi connectivity index (χ1) is 15.1. The second-order valence-corrected chi connectivity index (χ2v) is 5.03. The first-order valence-corrected chi connectivity index (χ1v) is 6.64. The lowest BCUT2D eigenvalue weighted by Gasteiger charge is -2.27. The third-order valence-electron chi connectivity index (χ3n) is 3.82. The van der Waals surface area contributed by atoms with Crippen molar-refractivity contribution in [3.05, 3.63) is 53.1 Å². The van der Waals surface area contributed by atoms with Gasteiger partial charge < -0.3 is 14.5 Å². The minimum atomic E-state index is -2.80. The van der Waals surface area contributed by atoms with Gasteiger partial charge in [0.15, 0.2) is 0 Å². The van der Waals surface area contributed by atoms with E-state index >= 15 is 0 Å². The van der Waals surface area contributed by atoms with Crippen LogP contribution in [0.1, 0.15) is 42.5 Å². The second kappa shape index (κ2) is 4.73. The summed E-state index contributed by atoms with van der Waals surface area (Å²) in [6.07, 6.45) is -0.357. The molecule has 0 aliphatic carbocycles. The van der Waals surface area contributed by atoms with E-state index in [0.717, 1.165) is 4.57 Å². The molecule has 0 spiro atoms. The van der Waals surface area contributed by atoms with Crippen molar-refractivity contribution in [1.29, 1.82) is 0 Å². The lowest BCUT2D eigenvalue weighted by Crippen LogP contribution is -2.37. The molecule has 1 aromatic carbocycles. The molecule has 0 fully saturated rings. The first kappa shape index (κ1) is 5.91. The molecule has 3 aromatic rings. The Labute approximate surface area is 144 Å². The maximum Gasteiger partial charge on any atom is 0.256 e. The van der Waals surface area contributed by atoms with Crippen LogP contribution in [0.25, 0.3) is 10.9 Å². The van der Waals surface area contributed by atoms with Gasteiger partial charge in [0.25, 0.3) is 5.91 Å². The quantitative estimate of drug-likeness (QED) is 0.790. The molecule has 0 unspecified atom stereocenters. The van der Waals surface area contributed by atoms with Crippen LogP contribution in [0.2, 0.25) is 0 Å². The van der Waals surface area contributed by atoms with E-state index in [1.807, 2.05) is 0 Å². The number of carbonyl (C=O) groups is 1. The molecule has 1 aliphatic heterocycles. The average molecular weight is 305 g/mol. The normalized spacial score (nSPS) is 23.0. The van der Waals surface area contributed by atoms with Gasteiger partial charge in [0.2, 0.25) is 0 Å². The number of nitrogens with one attached hydrogen (secondary N) is 1. The molecule has 0 saturated heterocycles. The number of hydrogen-bond acceptors (Lipinski definition) is 2. The van der Waals surface area contributed by atoms with E-state index in [1.54, 1.807) is 0 Å². The van der Waals surface area contributed by atoms with Crippen molar-refractivity contribution >= 4 is 16.8 Å². The van der Waals surface area contributed by atoms with E-state index < -0.39 is 43.9 Å². The van der Waals surface area contributed by atoms with Crippen LogP contribution in [-0.2, 0) is 19.9 Å². The summed E-state index contributed by atoms with van der Waals surface area (Å²) >= 11 is 0. The highest BCUT2D eigenvalue weighted by Gasteiger charge is 2.30. The summed E-state index contributed by atoms with van der Waals surface area (Å²) in [6, 6.07) is -2.30. The fourth-order valence-corrected chi connectivity index (χ4v) is 2.74. The summed E-state index contributed by atoms with van der Waals surface area (Å²) in [5.41, 5.74) is -0.678. The third-order valence-corrected chi connectivity index (χ3v) is 3.82. The Balaban J connectivity index is 1.91. The lowest BCUT2D eigenvalue weighted by molar-refractivity contribution is 0.0725. The van der Waals surface area contributed by atoms with Gasteiger partial charge in [-0.15, -0.1) is 0 Å².